The van der Waals surface area contributed by atoms with Gasteiger partial charge in [0.05, 0.1) is 11.1 Å². The van der Waals surface area contributed by atoms with Gasteiger partial charge in [0.2, 0.25) is 5.91 Å². The largest absolute Gasteiger partial charge is 0.369 e. The van der Waals surface area contributed by atoms with Gasteiger partial charge in [-0.3, -0.25) is 25.1 Å². The zero-order valence-electron chi connectivity index (χ0n) is 14.4. The van der Waals surface area contributed by atoms with Gasteiger partial charge in [-0.2, -0.15) is 0 Å². The quantitative estimate of drug-likeness (QED) is 0.575. The molecule has 3 aliphatic rings. The molecule has 8 heteroatoms. The minimum Gasteiger partial charge on any atom is -0.369 e. The lowest BCUT2D eigenvalue weighted by atomic mass is 10.0. The first kappa shape index (κ1) is 16.7. The molecule has 8 nitrogen and oxygen atoms in total. The Morgan fingerprint density at radius 2 is 1.73 bits per heavy atom. The summed E-state index contributed by atoms with van der Waals surface area (Å²) in [6, 6.07) is 4.50. The topological polar surface area (TPSA) is 99.0 Å². The summed E-state index contributed by atoms with van der Waals surface area (Å²) in [7, 11) is 0. The number of anilines is 1. The molecule has 0 saturated carbocycles. The Hall–Kier alpha value is -2.71. The minimum atomic E-state index is -0.780. The van der Waals surface area contributed by atoms with Gasteiger partial charge in [0.1, 0.15) is 6.04 Å². The number of rotatable bonds is 2. The van der Waals surface area contributed by atoms with Crippen LogP contribution in [-0.2, 0) is 4.79 Å². The predicted octanol–water partition coefficient (Wildman–Crippen LogP) is 0.0706. The third-order valence-corrected chi connectivity index (χ3v) is 5.21. The van der Waals surface area contributed by atoms with E-state index in [1.165, 1.54) is 0 Å². The number of nitrogens with zero attached hydrogens (tertiary/aromatic N) is 3. The number of hydrazine groups is 1. The Balaban J connectivity index is 1.60. The van der Waals surface area contributed by atoms with Crippen LogP contribution in [0.15, 0.2) is 30.5 Å². The van der Waals surface area contributed by atoms with E-state index in [1.807, 2.05) is 6.07 Å². The summed E-state index contributed by atoms with van der Waals surface area (Å²) >= 11 is 0. The van der Waals surface area contributed by atoms with E-state index < -0.39 is 17.9 Å². The number of amides is 3. The normalized spacial score (nSPS) is 24.1. The van der Waals surface area contributed by atoms with E-state index in [0.29, 0.717) is 29.7 Å². The number of hydrogen-bond acceptors (Lipinski definition) is 6. The molecule has 3 heterocycles. The molecular weight excluding hydrogens is 334 g/mol. The molecule has 1 aromatic carbocycles. The average molecular weight is 355 g/mol. The smallest absolute Gasteiger partial charge is 0.262 e. The monoisotopic (exact) mass is 355 g/mol. The number of imide groups is 1. The van der Waals surface area contributed by atoms with E-state index in [0.717, 1.165) is 36.8 Å². The Kier molecular flexibility index (Phi) is 4.01. The Morgan fingerprint density at radius 3 is 2.42 bits per heavy atom. The molecule has 26 heavy (non-hydrogen) atoms. The molecule has 3 N–H and O–H groups in total. The Labute approximate surface area is 151 Å². The van der Waals surface area contributed by atoms with E-state index in [2.05, 4.69) is 16.8 Å². The minimum absolute atomic E-state index is 0.352. The molecule has 3 aliphatic heterocycles. The molecule has 1 unspecified atom stereocenters. The number of piperazine rings is 1. The summed E-state index contributed by atoms with van der Waals surface area (Å²) in [5, 5.41) is 4.40. The highest BCUT2D eigenvalue weighted by Crippen LogP contribution is 2.31. The molecule has 0 spiro atoms. The van der Waals surface area contributed by atoms with Crippen molar-refractivity contribution >= 4 is 23.4 Å². The predicted molar refractivity (Wildman–Crippen MR) is 95.2 cm³/mol. The van der Waals surface area contributed by atoms with Crippen LogP contribution in [0.1, 0.15) is 33.6 Å². The zero-order valence-corrected chi connectivity index (χ0v) is 14.4. The number of nitrogens with two attached hydrogens (primary N) is 1. The van der Waals surface area contributed by atoms with Gasteiger partial charge in [0, 0.05) is 37.6 Å². The number of fused-ring (bicyclic) bond motifs is 1. The molecule has 1 atom stereocenters. The number of piperidine rings is 1. The fourth-order valence-electron chi connectivity index (χ4n) is 3.72. The molecular formula is C18H21N5O3. The molecule has 0 radical (unpaired) electrons. The third-order valence-electron chi connectivity index (χ3n) is 5.21. The lowest BCUT2D eigenvalue weighted by Gasteiger charge is -2.33. The van der Waals surface area contributed by atoms with Crippen molar-refractivity contribution in [2.24, 2.45) is 5.84 Å². The standard InChI is InChI=1S/C18H21N5O3/c1-11-2-5-15(16(24)20-11)23-17(25)13-4-3-12(10-14(13)18(23)26)21-6-8-22(19)9-7-21/h3-4,10,15H,1-2,5-9,19H2,(H,20,24). The number of allylic oxidation sites excluding steroid dienone is 1. The van der Waals surface area contributed by atoms with E-state index >= 15 is 0 Å². The van der Waals surface area contributed by atoms with Crippen molar-refractivity contribution in [2.75, 3.05) is 31.1 Å². The molecule has 1 aromatic rings. The molecule has 2 fully saturated rings. The molecule has 4 rings (SSSR count). The summed E-state index contributed by atoms with van der Waals surface area (Å²) in [6.07, 6.45) is 0.958. The summed E-state index contributed by atoms with van der Waals surface area (Å²) in [6.45, 7) is 6.73. The molecule has 3 amide bonds. The number of hydrogen-bond donors (Lipinski definition) is 2. The van der Waals surface area contributed by atoms with Crippen molar-refractivity contribution in [3.63, 3.8) is 0 Å². The maximum Gasteiger partial charge on any atom is 0.262 e. The first-order valence-corrected chi connectivity index (χ1v) is 8.71. The SMILES string of the molecule is C=C1CCC(N2C(=O)c3ccc(N4CCN(N)CC4)cc3C2=O)C(=O)N1. The number of carbonyl (C=O) groups excluding carboxylic acids is 3. The highest BCUT2D eigenvalue weighted by atomic mass is 16.2. The van der Waals surface area contributed by atoms with Crippen LogP contribution in [-0.4, -0.2) is 59.9 Å². The second-order valence-corrected chi connectivity index (χ2v) is 6.88. The summed E-state index contributed by atoms with van der Waals surface area (Å²) in [5.41, 5.74) is 2.22. The second-order valence-electron chi connectivity index (χ2n) is 6.88. The van der Waals surface area contributed by atoms with Crippen LogP contribution >= 0.6 is 0 Å². The molecule has 136 valence electrons. The van der Waals surface area contributed by atoms with E-state index in [9.17, 15) is 14.4 Å². The molecule has 2 saturated heterocycles. The van der Waals surface area contributed by atoms with Crippen LogP contribution < -0.4 is 16.1 Å². The van der Waals surface area contributed by atoms with Crippen molar-refractivity contribution in [1.29, 1.82) is 0 Å². The van der Waals surface area contributed by atoms with Crippen LogP contribution in [0.5, 0.6) is 0 Å². The van der Waals surface area contributed by atoms with E-state index in [-0.39, 0.29) is 5.91 Å². The summed E-state index contributed by atoms with van der Waals surface area (Å²) < 4.78 is 0. The molecule has 0 aromatic heterocycles. The van der Waals surface area contributed by atoms with Gasteiger partial charge in [0.15, 0.2) is 0 Å². The van der Waals surface area contributed by atoms with Gasteiger partial charge >= 0.3 is 0 Å². The van der Waals surface area contributed by atoms with E-state index in [4.69, 9.17) is 5.84 Å². The van der Waals surface area contributed by atoms with Gasteiger partial charge < -0.3 is 10.2 Å². The number of carbonyl (C=O) groups is 3. The summed E-state index contributed by atoms with van der Waals surface area (Å²) in [5.74, 6) is 4.62. The average Bonchev–Trinajstić information content (AvgIpc) is 2.87. The summed E-state index contributed by atoms with van der Waals surface area (Å²) in [4.78, 5) is 41.1. The number of benzene rings is 1. The fraction of sp³-hybridized carbons (Fsp3) is 0.389. The first-order valence-electron chi connectivity index (χ1n) is 8.71. The van der Waals surface area contributed by atoms with Crippen molar-refractivity contribution in [3.05, 3.63) is 41.6 Å². The first-order chi connectivity index (χ1) is 12.5. The molecule has 0 aliphatic carbocycles. The highest BCUT2D eigenvalue weighted by molar-refractivity contribution is 6.23. The van der Waals surface area contributed by atoms with Crippen LogP contribution in [0.25, 0.3) is 0 Å². The van der Waals surface area contributed by atoms with Crippen LogP contribution in [0.2, 0.25) is 0 Å². The third kappa shape index (κ3) is 2.67. The Morgan fingerprint density at radius 1 is 1.04 bits per heavy atom. The van der Waals surface area contributed by atoms with E-state index in [1.54, 1.807) is 17.1 Å². The maximum atomic E-state index is 12.9. The van der Waals surface area contributed by atoms with Crippen molar-refractivity contribution in [1.82, 2.24) is 15.2 Å². The van der Waals surface area contributed by atoms with Crippen LogP contribution in [0, 0.1) is 0 Å². The Bertz CT molecular complexity index is 813. The lowest BCUT2D eigenvalue weighted by molar-refractivity contribution is -0.125. The maximum absolute atomic E-state index is 12.9. The van der Waals surface area contributed by atoms with Crippen LogP contribution in [0.3, 0.4) is 0 Å². The van der Waals surface area contributed by atoms with Gasteiger partial charge in [-0.05, 0) is 31.0 Å². The zero-order chi connectivity index (χ0) is 18.4. The van der Waals surface area contributed by atoms with Gasteiger partial charge in [-0.15, -0.1) is 0 Å². The van der Waals surface area contributed by atoms with Crippen molar-refractivity contribution < 1.29 is 14.4 Å². The van der Waals surface area contributed by atoms with Gasteiger partial charge in [0.25, 0.3) is 11.8 Å². The highest BCUT2D eigenvalue weighted by Gasteiger charge is 2.44. The van der Waals surface area contributed by atoms with Crippen molar-refractivity contribution in [3.8, 4) is 0 Å². The van der Waals surface area contributed by atoms with Crippen LogP contribution in [0.4, 0.5) is 5.69 Å². The molecule has 0 bridgehead atoms. The second kappa shape index (κ2) is 6.22. The van der Waals surface area contributed by atoms with Gasteiger partial charge in [-0.1, -0.05) is 6.58 Å². The van der Waals surface area contributed by atoms with Crippen molar-refractivity contribution in [2.45, 2.75) is 18.9 Å². The van der Waals surface area contributed by atoms with Gasteiger partial charge in [-0.25, -0.2) is 5.01 Å². The lowest BCUT2D eigenvalue weighted by Crippen LogP contribution is -2.51. The number of nitrogens with one attached hydrogen (secondary N) is 1. The fourth-order valence-corrected chi connectivity index (χ4v) is 3.72.